The van der Waals surface area contributed by atoms with Crippen LogP contribution in [0.2, 0.25) is 0 Å². The van der Waals surface area contributed by atoms with Gasteiger partial charge in [-0.3, -0.25) is 4.79 Å². The van der Waals surface area contributed by atoms with E-state index in [0.29, 0.717) is 6.42 Å². The normalized spacial score (nSPS) is 13.2. The van der Waals surface area contributed by atoms with Crippen LogP contribution in [0.15, 0.2) is 24.0 Å². The maximum absolute atomic E-state index is 10.9. The number of carbonyl (C=O) groups is 1. The molecule has 0 rings (SSSR count). The van der Waals surface area contributed by atoms with Crippen molar-refractivity contribution in [2.45, 2.75) is 41.0 Å². The van der Waals surface area contributed by atoms with Crippen molar-refractivity contribution in [2.75, 3.05) is 0 Å². The molecule has 2 nitrogen and oxygen atoms in total. The van der Waals surface area contributed by atoms with E-state index in [-0.39, 0.29) is 11.4 Å². The van der Waals surface area contributed by atoms with Crippen LogP contribution in [0.3, 0.4) is 0 Å². The Bertz CT molecular complexity index is 254. The Labute approximate surface area is 86.6 Å². The molecule has 0 aromatic heterocycles. The highest BCUT2D eigenvalue weighted by Gasteiger charge is 2.18. The second kappa shape index (κ2) is 4.99. The largest absolute Gasteiger partial charge is 0.431 e. The lowest BCUT2D eigenvalue weighted by atomic mass is 9.86. The Morgan fingerprint density at radius 1 is 1.36 bits per heavy atom. The van der Waals surface area contributed by atoms with Gasteiger partial charge >= 0.3 is 5.97 Å². The summed E-state index contributed by atoms with van der Waals surface area (Å²) in [6.07, 6.45) is 2.34. The smallest absolute Gasteiger partial charge is 0.307 e. The average Bonchev–Trinajstić information content (AvgIpc) is 2.00. The first-order valence-electron chi connectivity index (χ1n) is 4.78. The zero-order valence-electron chi connectivity index (χ0n) is 9.81. The third kappa shape index (κ3) is 4.26. The van der Waals surface area contributed by atoms with Gasteiger partial charge in [0.25, 0.3) is 0 Å². The van der Waals surface area contributed by atoms with Gasteiger partial charge in [-0.05, 0) is 17.9 Å². The zero-order valence-corrected chi connectivity index (χ0v) is 9.81. The maximum atomic E-state index is 10.9. The van der Waals surface area contributed by atoms with E-state index in [1.807, 2.05) is 6.92 Å². The van der Waals surface area contributed by atoms with Crippen LogP contribution in [0.1, 0.15) is 41.0 Å². The van der Waals surface area contributed by atoms with Crippen LogP contribution in [-0.4, -0.2) is 5.97 Å². The molecule has 0 unspecified atom stereocenters. The van der Waals surface area contributed by atoms with Gasteiger partial charge in [0.1, 0.15) is 5.76 Å². The molecule has 0 fully saturated rings. The molecular formula is C12H20O2. The second-order valence-corrected chi connectivity index (χ2v) is 4.38. The highest BCUT2D eigenvalue weighted by atomic mass is 16.5. The topological polar surface area (TPSA) is 26.3 Å². The number of esters is 1. The molecule has 0 aromatic carbocycles. The number of allylic oxidation sites excluding steroid dienone is 2. The molecule has 0 aromatic rings. The zero-order chi connectivity index (χ0) is 11.4. The van der Waals surface area contributed by atoms with E-state index in [0.717, 1.165) is 11.3 Å². The van der Waals surface area contributed by atoms with Crippen molar-refractivity contribution in [1.82, 2.24) is 0 Å². The highest BCUT2D eigenvalue weighted by molar-refractivity contribution is 5.67. The van der Waals surface area contributed by atoms with Gasteiger partial charge in [-0.2, -0.15) is 0 Å². The Morgan fingerprint density at radius 3 is 2.14 bits per heavy atom. The van der Waals surface area contributed by atoms with Crippen molar-refractivity contribution in [1.29, 1.82) is 0 Å². The van der Waals surface area contributed by atoms with Crippen molar-refractivity contribution < 1.29 is 9.53 Å². The van der Waals surface area contributed by atoms with Gasteiger partial charge in [0, 0.05) is 13.3 Å². The summed E-state index contributed by atoms with van der Waals surface area (Å²) in [7, 11) is 0. The molecule has 0 saturated heterocycles. The van der Waals surface area contributed by atoms with Crippen molar-refractivity contribution in [3.63, 3.8) is 0 Å². The molecule has 80 valence electrons. The molecule has 0 aliphatic carbocycles. The van der Waals surface area contributed by atoms with E-state index >= 15 is 0 Å². The first-order valence-corrected chi connectivity index (χ1v) is 4.78. The van der Waals surface area contributed by atoms with E-state index in [1.54, 1.807) is 6.08 Å². The van der Waals surface area contributed by atoms with Gasteiger partial charge in [0.2, 0.25) is 0 Å². The highest BCUT2D eigenvalue weighted by Crippen LogP contribution is 2.29. The second-order valence-electron chi connectivity index (χ2n) is 4.38. The quantitative estimate of drug-likeness (QED) is 0.392. The molecule has 2 heteroatoms. The van der Waals surface area contributed by atoms with E-state index in [1.165, 1.54) is 6.92 Å². The summed E-state index contributed by atoms with van der Waals surface area (Å²) >= 11 is 0. The van der Waals surface area contributed by atoms with Crippen LogP contribution in [-0.2, 0) is 9.53 Å². The molecule has 0 spiro atoms. The van der Waals surface area contributed by atoms with Gasteiger partial charge in [-0.25, -0.2) is 0 Å². The van der Waals surface area contributed by atoms with Crippen molar-refractivity contribution >= 4 is 5.97 Å². The van der Waals surface area contributed by atoms with Crippen LogP contribution in [0, 0.1) is 5.41 Å². The van der Waals surface area contributed by atoms with E-state index in [2.05, 4.69) is 27.4 Å². The molecule has 0 aliphatic heterocycles. The third-order valence-electron chi connectivity index (χ3n) is 2.14. The monoisotopic (exact) mass is 196 g/mol. The summed E-state index contributed by atoms with van der Waals surface area (Å²) in [6.45, 7) is 13.3. The van der Waals surface area contributed by atoms with Gasteiger partial charge < -0.3 is 4.74 Å². The molecule has 0 aliphatic rings. The first kappa shape index (κ1) is 12.9. The standard InChI is InChI=1S/C12H20O2/c1-7-8-11(14-10(3)13)9(2)12(4,5)6/h7H,1,8H2,2-6H3/b11-9+. The predicted octanol–water partition coefficient (Wildman–Crippen LogP) is 3.45. The average molecular weight is 196 g/mol. The van der Waals surface area contributed by atoms with Gasteiger partial charge in [0.15, 0.2) is 0 Å². The minimum atomic E-state index is -0.273. The van der Waals surface area contributed by atoms with Crippen LogP contribution in [0.25, 0.3) is 0 Å². The van der Waals surface area contributed by atoms with E-state index in [9.17, 15) is 4.79 Å². The summed E-state index contributed by atoms with van der Waals surface area (Å²) < 4.78 is 5.15. The Kier molecular flexibility index (Phi) is 4.61. The van der Waals surface area contributed by atoms with Crippen LogP contribution < -0.4 is 0 Å². The van der Waals surface area contributed by atoms with Crippen molar-refractivity contribution in [3.05, 3.63) is 24.0 Å². The van der Waals surface area contributed by atoms with Gasteiger partial charge in [-0.15, -0.1) is 6.58 Å². The molecule has 0 atom stereocenters. The Morgan fingerprint density at radius 2 is 1.86 bits per heavy atom. The van der Waals surface area contributed by atoms with Gasteiger partial charge in [0.05, 0.1) is 0 Å². The van der Waals surface area contributed by atoms with Gasteiger partial charge in [-0.1, -0.05) is 26.8 Å². The molecule has 0 amide bonds. The number of carbonyl (C=O) groups excluding carboxylic acids is 1. The number of hydrogen-bond acceptors (Lipinski definition) is 2. The summed E-state index contributed by atoms with van der Waals surface area (Å²) in [5, 5.41) is 0. The summed E-state index contributed by atoms with van der Waals surface area (Å²) in [5.74, 6) is 0.449. The fourth-order valence-corrected chi connectivity index (χ4v) is 0.994. The summed E-state index contributed by atoms with van der Waals surface area (Å²) in [6, 6.07) is 0. The van der Waals surface area contributed by atoms with Crippen LogP contribution in [0.5, 0.6) is 0 Å². The summed E-state index contributed by atoms with van der Waals surface area (Å²) in [5.41, 5.74) is 1.11. The molecule has 0 saturated carbocycles. The van der Waals surface area contributed by atoms with Crippen LogP contribution in [0.4, 0.5) is 0 Å². The number of rotatable bonds is 3. The molecule has 0 N–H and O–H groups in total. The third-order valence-corrected chi connectivity index (χ3v) is 2.14. The molecule has 14 heavy (non-hydrogen) atoms. The lowest BCUT2D eigenvalue weighted by molar-refractivity contribution is -0.137. The molecule has 0 radical (unpaired) electrons. The minimum absolute atomic E-state index is 0.0216. The Balaban J connectivity index is 4.94. The maximum Gasteiger partial charge on any atom is 0.307 e. The molecular weight excluding hydrogens is 176 g/mol. The van der Waals surface area contributed by atoms with Crippen molar-refractivity contribution in [3.8, 4) is 0 Å². The fraction of sp³-hybridized carbons (Fsp3) is 0.583. The predicted molar refractivity (Wildman–Crippen MR) is 58.7 cm³/mol. The van der Waals surface area contributed by atoms with E-state index in [4.69, 9.17) is 4.74 Å². The summed E-state index contributed by atoms with van der Waals surface area (Å²) in [4.78, 5) is 10.9. The fourth-order valence-electron chi connectivity index (χ4n) is 0.994. The molecule has 0 heterocycles. The Hall–Kier alpha value is -1.05. The van der Waals surface area contributed by atoms with E-state index < -0.39 is 0 Å². The number of ether oxygens (including phenoxy) is 1. The SMILES string of the molecule is C=CC/C(OC(C)=O)=C(/C)C(C)(C)C. The molecule has 0 bridgehead atoms. The lowest BCUT2D eigenvalue weighted by Crippen LogP contribution is -2.12. The van der Waals surface area contributed by atoms with Crippen molar-refractivity contribution in [2.24, 2.45) is 5.41 Å². The lowest BCUT2D eigenvalue weighted by Gasteiger charge is -2.22. The number of hydrogen-bond donors (Lipinski definition) is 0. The van der Waals surface area contributed by atoms with Crippen LogP contribution >= 0.6 is 0 Å². The minimum Gasteiger partial charge on any atom is -0.431 e. The first-order chi connectivity index (χ1) is 6.29.